The second-order valence-electron chi connectivity index (χ2n) is 3.14. The number of benzene rings is 1. The van der Waals surface area contributed by atoms with Gasteiger partial charge in [-0.2, -0.15) is 0 Å². The van der Waals surface area contributed by atoms with E-state index in [-0.39, 0.29) is 11.6 Å². The molecule has 1 aromatic carbocycles. The number of rotatable bonds is 2. The van der Waals surface area contributed by atoms with Crippen LogP contribution in [0.5, 0.6) is 0 Å². The van der Waals surface area contributed by atoms with Crippen LogP contribution in [0.25, 0.3) is 0 Å². The Morgan fingerprint density at radius 3 is 2.67 bits per heavy atom. The lowest BCUT2D eigenvalue weighted by molar-refractivity contribution is -0.384. The maximum atomic E-state index is 10.8. The highest BCUT2D eigenvalue weighted by Gasteiger charge is 2.20. The Kier molecular flexibility index (Phi) is 2.89. The number of nitrogens with two attached hydrogens (primary N) is 1. The molecule has 0 radical (unpaired) electrons. The molecule has 0 fully saturated rings. The van der Waals surface area contributed by atoms with Gasteiger partial charge in [0.1, 0.15) is 5.69 Å². The fraction of sp³-hybridized carbons (Fsp3) is 0.222. The summed E-state index contributed by atoms with van der Waals surface area (Å²) in [7, 11) is 1.53. The summed E-state index contributed by atoms with van der Waals surface area (Å²) in [5, 5.41) is 18.0. The molecule has 0 unspecified atom stereocenters. The summed E-state index contributed by atoms with van der Waals surface area (Å²) in [6.45, 7) is 1.74. The van der Waals surface area contributed by atoms with Crippen LogP contribution >= 0.6 is 0 Å². The van der Waals surface area contributed by atoms with E-state index in [0.29, 0.717) is 11.3 Å². The minimum atomic E-state index is -0.484. The lowest BCUT2D eigenvalue weighted by atomic mass is 10.1. The first-order chi connectivity index (χ1) is 6.95. The van der Waals surface area contributed by atoms with Gasteiger partial charge in [-0.3, -0.25) is 15.5 Å². The molecular formula is C9H12N4O2. The van der Waals surface area contributed by atoms with E-state index in [0.717, 1.165) is 0 Å². The van der Waals surface area contributed by atoms with Crippen molar-refractivity contribution in [1.29, 1.82) is 5.41 Å². The maximum absolute atomic E-state index is 10.8. The molecule has 15 heavy (non-hydrogen) atoms. The third kappa shape index (κ3) is 2.04. The normalized spacial score (nSPS) is 9.73. The standard InChI is InChI=1S/C9H12N4O2/c1-6-4-3-5-7(13(14)15)8(6)12(2)9(10)11/h3-5H,1-2H3,(H3,10,11). The number of nitrogens with one attached hydrogen (secondary N) is 1. The highest BCUT2D eigenvalue weighted by molar-refractivity contribution is 5.95. The van der Waals surface area contributed by atoms with Crippen LogP contribution in [-0.2, 0) is 0 Å². The van der Waals surface area contributed by atoms with E-state index >= 15 is 0 Å². The van der Waals surface area contributed by atoms with Crippen molar-refractivity contribution in [3.05, 3.63) is 33.9 Å². The van der Waals surface area contributed by atoms with Crippen LogP contribution in [-0.4, -0.2) is 17.9 Å². The van der Waals surface area contributed by atoms with Crippen molar-refractivity contribution in [3.8, 4) is 0 Å². The molecule has 6 nitrogen and oxygen atoms in total. The summed E-state index contributed by atoms with van der Waals surface area (Å²) in [5.41, 5.74) is 6.31. The summed E-state index contributed by atoms with van der Waals surface area (Å²) < 4.78 is 0. The van der Waals surface area contributed by atoms with Crippen molar-refractivity contribution >= 4 is 17.3 Å². The second-order valence-corrected chi connectivity index (χ2v) is 3.14. The molecule has 0 spiro atoms. The van der Waals surface area contributed by atoms with Gasteiger partial charge in [-0.1, -0.05) is 12.1 Å². The predicted molar refractivity (Wildman–Crippen MR) is 58.2 cm³/mol. The minimum absolute atomic E-state index is 0.0484. The zero-order valence-corrected chi connectivity index (χ0v) is 8.52. The van der Waals surface area contributed by atoms with Crippen LogP contribution < -0.4 is 10.6 Å². The fourth-order valence-corrected chi connectivity index (χ4v) is 1.35. The maximum Gasteiger partial charge on any atom is 0.293 e. The number of guanidine groups is 1. The molecule has 3 N–H and O–H groups in total. The number of nitro benzene ring substituents is 1. The van der Waals surface area contributed by atoms with Crippen LogP contribution in [0.15, 0.2) is 18.2 Å². The second kappa shape index (κ2) is 3.95. The molecule has 80 valence electrons. The van der Waals surface area contributed by atoms with E-state index in [2.05, 4.69) is 0 Å². The summed E-state index contributed by atoms with van der Waals surface area (Å²) in [5.74, 6) is -0.229. The van der Waals surface area contributed by atoms with Gasteiger partial charge < -0.3 is 10.6 Å². The van der Waals surface area contributed by atoms with Gasteiger partial charge in [-0.25, -0.2) is 0 Å². The average Bonchev–Trinajstić information content (AvgIpc) is 2.16. The SMILES string of the molecule is Cc1cccc([N+](=O)[O-])c1N(C)C(=N)N. The molecule has 0 heterocycles. The summed E-state index contributed by atoms with van der Waals surface area (Å²) in [6, 6.07) is 4.73. The molecule has 0 aliphatic rings. The Labute approximate surface area is 87.0 Å². The van der Waals surface area contributed by atoms with Crippen LogP contribution in [0.4, 0.5) is 11.4 Å². The van der Waals surface area contributed by atoms with Crippen molar-refractivity contribution in [2.45, 2.75) is 6.92 Å². The van der Waals surface area contributed by atoms with Crippen LogP contribution in [0, 0.1) is 22.4 Å². The quantitative estimate of drug-likeness (QED) is 0.330. The highest BCUT2D eigenvalue weighted by Crippen LogP contribution is 2.30. The van der Waals surface area contributed by atoms with Crippen molar-refractivity contribution < 1.29 is 4.92 Å². The monoisotopic (exact) mass is 208 g/mol. The fourth-order valence-electron chi connectivity index (χ4n) is 1.35. The molecule has 0 amide bonds. The summed E-state index contributed by atoms with van der Waals surface area (Å²) >= 11 is 0. The molecule has 6 heteroatoms. The van der Waals surface area contributed by atoms with Crippen molar-refractivity contribution in [2.24, 2.45) is 5.73 Å². The predicted octanol–water partition coefficient (Wildman–Crippen LogP) is 1.23. The molecule has 0 atom stereocenters. The molecule has 0 saturated carbocycles. The van der Waals surface area contributed by atoms with Crippen molar-refractivity contribution in [1.82, 2.24) is 0 Å². The van der Waals surface area contributed by atoms with Crippen molar-refractivity contribution in [3.63, 3.8) is 0 Å². The summed E-state index contributed by atoms with van der Waals surface area (Å²) in [4.78, 5) is 11.6. The number of hydrogen-bond acceptors (Lipinski definition) is 3. The van der Waals surface area contributed by atoms with Crippen molar-refractivity contribution in [2.75, 3.05) is 11.9 Å². The van der Waals surface area contributed by atoms with Crippen LogP contribution in [0.3, 0.4) is 0 Å². The van der Waals surface area contributed by atoms with Gasteiger partial charge in [-0.05, 0) is 12.5 Å². The molecular weight excluding hydrogens is 196 g/mol. The third-order valence-corrected chi connectivity index (χ3v) is 2.11. The Morgan fingerprint density at radius 1 is 1.60 bits per heavy atom. The average molecular weight is 208 g/mol. The molecule has 0 saturated heterocycles. The molecule has 0 aliphatic heterocycles. The largest absolute Gasteiger partial charge is 0.370 e. The van der Waals surface area contributed by atoms with Gasteiger partial charge in [0, 0.05) is 13.1 Å². The molecule has 0 aromatic heterocycles. The van der Waals surface area contributed by atoms with E-state index in [9.17, 15) is 10.1 Å². The zero-order valence-electron chi connectivity index (χ0n) is 8.52. The Balaban J connectivity index is 3.37. The first-order valence-electron chi connectivity index (χ1n) is 4.27. The zero-order chi connectivity index (χ0) is 11.6. The minimum Gasteiger partial charge on any atom is -0.370 e. The van der Waals surface area contributed by atoms with Crippen LogP contribution in [0.2, 0.25) is 0 Å². The third-order valence-electron chi connectivity index (χ3n) is 2.11. The lowest BCUT2D eigenvalue weighted by Crippen LogP contribution is -2.33. The number of nitrogens with zero attached hydrogens (tertiary/aromatic N) is 2. The number of aryl methyl sites for hydroxylation is 1. The summed E-state index contributed by atoms with van der Waals surface area (Å²) in [6.07, 6.45) is 0. The van der Waals surface area contributed by atoms with Gasteiger partial charge in [0.15, 0.2) is 5.96 Å². The number of nitro groups is 1. The molecule has 0 aliphatic carbocycles. The Bertz CT molecular complexity index is 417. The van der Waals surface area contributed by atoms with E-state index in [1.807, 2.05) is 0 Å². The van der Waals surface area contributed by atoms with Gasteiger partial charge in [0.25, 0.3) is 5.69 Å². The lowest BCUT2D eigenvalue weighted by Gasteiger charge is -2.18. The van der Waals surface area contributed by atoms with E-state index < -0.39 is 4.92 Å². The number of hydrogen-bond donors (Lipinski definition) is 2. The topological polar surface area (TPSA) is 96.2 Å². The number of anilines is 1. The van der Waals surface area contributed by atoms with E-state index in [1.54, 1.807) is 19.1 Å². The smallest absolute Gasteiger partial charge is 0.293 e. The molecule has 1 aromatic rings. The first kappa shape index (κ1) is 11.0. The number of para-hydroxylation sites is 1. The van der Waals surface area contributed by atoms with E-state index in [1.165, 1.54) is 18.0 Å². The van der Waals surface area contributed by atoms with Gasteiger partial charge >= 0.3 is 0 Å². The highest BCUT2D eigenvalue weighted by atomic mass is 16.6. The molecule has 0 bridgehead atoms. The molecule has 1 rings (SSSR count). The van der Waals surface area contributed by atoms with Crippen LogP contribution in [0.1, 0.15) is 5.56 Å². The van der Waals surface area contributed by atoms with Gasteiger partial charge in [0.2, 0.25) is 0 Å². The van der Waals surface area contributed by atoms with E-state index in [4.69, 9.17) is 11.1 Å². The first-order valence-corrected chi connectivity index (χ1v) is 4.27. The van der Waals surface area contributed by atoms with Gasteiger partial charge in [-0.15, -0.1) is 0 Å². The Hall–Kier alpha value is -2.11. The Morgan fingerprint density at radius 2 is 2.20 bits per heavy atom. The van der Waals surface area contributed by atoms with Gasteiger partial charge in [0.05, 0.1) is 4.92 Å².